The summed E-state index contributed by atoms with van der Waals surface area (Å²) in [5.41, 5.74) is 2.36. The molecule has 0 bridgehead atoms. The zero-order valence-electron chi connectivity index (χ0n) is 12.4. The van der Waals surface area contributed by atoms with Gasteiger partial charge in [0.2, 0.25) is 0 Å². The van der Waals surface area contributed by atoms with Crippen LogP contribution in [-0.2, 0) is 12.3 Å². The molecule has 0 aliphatic heterocycles. The molecule has 1 N–H and O–H groups in total. The third kappa shape index (κ3) is 3.81. The van der Waals surface area contributed by atoms with Gasteiger partial charge in [0.05, 0.1) is 5.56 Å². The number of carboxylic acids is 1. The Labute approximate surface area is 138 Å². The van der Waals surface area contributed by atoms with E-state index in [0.717, 1.165) is 17.3 Å². The van der Waals surface area contributed by atoms with Gasteiger partial charge in [-0.15, -0.1) is 0 Å². The van der Waals surface area contributed by atoms with Crippen molar-refractivity contribution in [3.63, 3.8) is 0 Å². The van der Waals surface area contributed by atoms with Crippen LogP contribution in [0.15, 0.2) is 72.1 Å². The van der Waals surface area contributed by atoms with Crippen LogP contribution in [0.1, 0.15) is 21.5 Å². The summed E-state index contributed by atoms with van der Waals surface area (Å²) < 4.78 is 2.07. The molecular weight excluding hydrogens is 308 g/mol. The monoisotopic (exact) mass is 324 g/mol. The zero-order valence-corrected chi connectivity index (χ0v) is 13.2. The Balaban J connectivity index is 1.73. The largest absolute Gasteiger partial charge is 0.478 e. The first-order valence-electron chi connectivity index (χ1n) is 7.23. The summed E-state index contributed by atoms with van der Waals surface area (Å²) in [4.78, 5) is 15.6. The maximum atomic E-state index is 11.3. The number of nitrogens with zero attached hydrogens (tertiary/aromatic N) is 2. The quantitative estimate of drug-likeness (QED) is 0.698. The molecule has 5 heteroatoms. The number of imidazole rings is 1. The molecule has 0 atom stereocenters. The average molecular weight is 324 g/mol. The minimum atomic E-state index is -0.895. The second kappa shape index (κ2) is 7.15. The van der Waals surface area contributed by atoms with E-state index < -0.39 is 5.97 Å². The summed E-state index contributed by atoms with van der Waals surface area (Å²) in [5, 5.41) is 10.1. The fourth-order valence-corrected chi connectivity index (χ4v) is 3.30. The van der Waals surface area contributed by atoms with E-state index in [9.17, 15) is 9.90 Å². The Morgan fingerprint density at radius 3 is 2.61 bits per heavy atom. The van der Waals surface area contributed by atoms with Crippen molar-refractivity contribution in [1.29, 1.82) is 0 Å². The number of rotatable bonds is 6. The van der Waals surface area contributed by atoms with Crippen molar-refractivity contribution in [2.75, 3.05) is 0 Å². The molecule has 0 saturated carbocycles. The molecular formula is C18H16N2O2S. The van der Waals surface area contributed by atoms with Gasteiger partial charge in [-0.2, -0.15) is 0 Å². The van der Waals surface area contributed by atoms with Crippen LogP contribution in [0.5, 0.6) is 0 Å². The molecule has 0 spiro atoms. The van der Waals surface area contributed by atoms with Crippen molar-refractivity contribution < 1.29 is 9.90 Å². The number of thioether (sulfide) groups is 1. The number of carboxylic acid groups (broad SMARTS) is 1. The summed E-state index contributed by atoms with van der Waals surface area (Å²) >= 11 is 1.55. The molecule has 4 nitrogen and oxygen atoms in total. The van der Waals surface area contributed by atoms with Crippen LogP contribution in [0, 0.1) is 0 Å². The number of hydrogen-bond acceptors (Lipinski definition) is 3. The molecule has 23 heavy (non-hydrogen) atoms. The van der Waals surface area contributed by atoms with Crippen molar-refractivity contribution in [1.82, 2.24) is 9.55 Å². The second-order valence-corrected chi connectivity index (χ2v) is 6.02. The summed E-state index contributed by atoms with van der Waals surface area (Å²) in [6.45, 7) is 0.754. The fourth-order valence-electron chi connectivity index (χ4n) is 2.33. The lowest BCUT2D eigenvalue weighted by Crippen LogP contribution is -2.03. The average Bonchev–Trinajstić information content (AvgIpc) is 3.01. The van der Waals surface area contributed by atoms with E-state index in [1.54, 1.807) is 30.1 Å². The lowest BCUT2D eigenvalue weighted by molar-refractivity contribution is 0.0696. The summed E-state index contributed by atoms with van der Waals surface area (Å²) in [6, 6.07) is 17.3. The highest BCUT2D eigenvalue weighted by atomic mass is 32.2. The minimum absolute atomic E-state index is 0.348. The third-order valence-corrected chi connectivity index (χ3v) is 4.53. The molecule has 0 saturated heterocycles. The Morgan fingerprint density at radius 1 is 1.09 bits per heavy atom. The molecule has 2 aromatic carbocycles. The van der Waals surface area contributed by atoms with E-state index in [2.05, 4.69) is 21.7 Å². The van der Waals surface area contributed by atoms with Crippen molar-refractivity contribution in [2.24, 2.45) is 0 Å². The Morgan fingerprint density at radius 2 is 1.83 bits per heavy atom. The third-order valence-electron chi connectivity index (χ3n) is 3.48. The fraction of sp³-hybridized carbons (Fsp3) is 0.111. The second-order valence-electron chi connectivity index (χ2n) is 5.07. The Bertz CT molecular complexity index is 800. The van der Waals surface area contributed by atoms with Crippen LogP contribution < -0.4 is 0 Å². The van der Waals surface area contributed by atoms with Crippen LogP contribution in [0.4, 0.5) is 0 Å². The molecule has 0 fully saturated rings. The van der Waals surface area contributed by atoms with Gasteiger partial charge in [0.1, 0.15) is 0 Å². The molecule has 3 rings (SSSR count). The van der Waals surface area contributed by atoms with Crippen molar-refractivity contribution in [3.05, 3.63) is 83.7 Å². The summed E-state index contributed by atoms with van der Waals surface area (Å²) in [7, 11) is 0. The van der Waals surface area contributed by atoms with Crippen molar-refractivity contribution in [2.45, 2.75) is 17.5 Å². The standard InChI is InChI=1S/C18H16N2O2S/c21-17(22)16-9-5-4-8-15(16)13-23-18-19-10-11-20(18)12-14-6-2-1-3-7-14/h1-11H,12-13H2,(H,21,22). The van der Waals surface area contributed by atoms with E-state index in [1.807, 2.05) is 36.5 Å². The lowest BCUT2D eigenvalue weighted by atomic mass is 10.1. The lowest BCUT2D eigenvalue weighted by Gasteiger charge is -2.09. The number of hydrogen-bond donors (Lipinski definition) is 1. The molecule has 0 aliphatic rings. The van der Waals surface area contributed by atoms with Gasteiger partial charge in [-0.3, -0.25) is 0 Å². The SMILES string of the molecule is O=C(O)c1ccccc1CSc1nccn1Cc1ccccc1. The highest BCUT2D eigenvalue weighted by Gasteiger charge is 2.11. The predicted octanol–water partition coefficient (Wildman–Crippen LogP) is 3.92. The highest BCUT2D eigenvalue weighted by molar-refractivity contribution is 7.98. The van der Waals surface area contributed by atoms with Gasteiger partial charge in [0, 0.05) is 24.7 Å². The van der Waals surface area contributed by atoms with E-state index in [4.69, 9.17) is 0 Å². The smallest absolute Gasteiger partial charge is 0.335 e. The highest BCUT2D eigenvalue weighted by Crippen LogP contribution is 2.24. The van der Waals surface area contributed by atoms with Crippen LogP contribution in [0.25, 0.3) is 0 Å². The van der Waals surface area contributed by atoms with Crippen molar-refractivity contribution in [3.8, 4) is 0 Å². The van der Waals surface area contributed by atoms with Crippen LogP contribution in [0.3, 0.4) is 0 Å². The number of carbonyl (C=O) groups is 1. The van der Waals surface area contributed by atoms with Gasteiger partial charge in [0.15, 0.2) is 5.16 Å². The molecule has 116 valence electrons. The number of aromatic nitrogens is 2. The van der Waals surface area contributed by atoms with Gasteiger partial charge >= 0.3 is 5.97 Å². The van der Waals surface area contributed by atoms with Crippen molar-refractivity contribution >= 4 is 17.7 Å². The summed E-state index contributed by atoms with van der Waals surface area (Å²) in [5.74, 6) is -0.317. The number of benzene rings is 2. The molecule has 3 aromatic rings. The van der Waals surface area contributed by atoms with E-state index >= 15 is 0 Å². The molecule has 1 heterocycles. The van der Waals surface area contributed by atoms with Gasteiger partial charge in [-0.05, 0) is 17.2 Å². The maximum Gasteiger partial charge on any atom is 0.335 e. The first kappa shape index (κ1) is 15.4. The van der Waals surface area contributed by atoms with Crippen LogP contribution in [-0.4, -0.2) is 20.6 Å². The maximum absolute atomic E-state index is 11.3. The van der Waals surface area contributed by atoms with E-state index in [-0.39, 0.29) is 0 Å². The predicted molar refractivity (Wildman–Crippen MR) is 90.7 cm³/mol. The molecule has 0 amide bonds. The van der Waals surface area contributed by atoms with Crippen LogP contribution in [0.2, 0.25) is 0 Å². The Hall–Kier alpha value is -2.53. The van der Waals surface area contributed by atoms with Gasteiger partial charge < -0.3 is 9.67 Å². The molecule has 0 radical (unpaired) electrons. The normalized spacial score (nSPS) is 10.6. The first-order valence-corrected chi connectivity index (χ1v) is 8.21. The zero-order chi connectivity index (χ0) is 16.1. The van der Waals surface area contributed by atoms with E-state index in [1.165, 1.54) is 5.56 Å². The Kier molecular flexibility index (Phi) is 4.78. The molecule has 0 unspecified atom stereocenters. The van der Waals surface area contributed by atoms with Crippen LogP contribution >= 0.6 is 11.8 Å². The summed E-state index contributed by atoms with van der Waals surface area (Å²) in [6.07, 6.45) is 3.72. The molecule has 1 aromatic heterocycles. The molecule has 0 aliphatic carbocycles. The van der Waals surface area contributed by atoms with Gasteiger partial charge in [-0.1, -0.05) is 60.3 Å². The number of aromatic carboxylic acids is 1. The van der Waals surface area contributed by atoms with Gasteiger partial charge in [0.25, 0.3) is 0 Å². The van der Waals surface area contributed by atoms with E-state index in [0.29, 0.717) is 11.3 Å². The minimum Gasteiger partial charge on any atom is -0.478 e. The van der Waals surface area contributed by atoms with Gasteiger partial charge in [-0.25, -0.2) is 9.78 Å². The topological polar surface area (TPSA) is 55.1 Å². The first-order chi connectivity index (χ1) is 11.2.